The summed E-state index contributed by atoms with van der Waals surface area (Å²) in [5, 5.41) is 11.7. The number of nitrogens with zero attached hydrogens (tertiary/aromatic N) is 2. The molecule has 1 atom stereocenters. The van der Waals surface area contributed by atoms with Crippen LogP contribution >= 0.6 is 0 Å². The Bertz CT molecular complexity index is 427. The van der Waals surface area contributed by atoms with Crippen molar-refractivity contribution >= 4 is 11.7 Å². The Morgan fingerprint density at radius 2 is 2.20 bits per heavy atom. The first-order valence-corrected chi connectivity index (χ1v) is 7.33. The van der Waals surface area contributed by atoms with Crippen LogP contribution in [-0.2, 0) is 0 Å². The smallest absolute Gasteiger partial charge is 0.253 e. The lowest BCUT2D eigenvalue weighted by Crippen LogP contribution is -2.32. The van der Waals surface area contributed by atoms with Gasteiger partial charge in [0, 0.05) is 31.9 Å². The molecule has 2 N–H and O–H groups in total. The molecular formula is C15H23N3O2. The number of hydrogen-bond acceptors (Lipinski definition) is 4. The van der Waals surface area contributed by atoms with E-state index in [1.807, 2.05) is 19.1 Å². The first kappa shape index (κ1) is 14.8. The van der Waals surface area contributed by atoms with Crippen LogP contribution in [0.15, 0.2) is 18.3 Å². The van der Waals surface area contributed by atoms with Gasteiger partial charge in [0.1, 0.15) is 5.82 Å². The first-order chi connectivity index (χ1) is 9.70. The molecule has 1 aliphatic heterocycles. The number of aromatic nitrogens is 1. The number of rotatable bonds is 6. The van der Waals surface area contributed by atoms with Gasteiger partial charge in [0.15, 0.2) is 0 Å². The lowest BCUT2D eigenvalue weighted by molar-refractivity contribution is 0.0936. The number of pyridine rings is 1. The van der Waals surface area contributed by atoms with E-state index >= 15 is 0 Å². The van der Waals surface area contributed by atoms with Crippen molar-refractivity contribution in [3.8, 4) is 0 Å². The van der Waals surface area contributed by atoms with Gasteiger partial charge < -0.3 is 15.3 Å². The summed E-state index contributed by atoms with van der Waals surface area (Å²) in [7, 11) is 0. The fourth-order valence-corrected chi connectivity index (χ4v) is 2.43. The second-order valence-corrected chi connectivity index (χ2v) is 5.34. The van der Waals surface area contributed by atoms with Gasteiger partial charge in [-0.1, -0.05) is 0 Å². The van der Waals surface area contributed by atoms with E-state index in [4.69, 9.17) is 5.11 Å². The van der Waals surface area contributed by atoms with Crippen molar-refractivity contribution in [2.75, 3.05) is 24.6 Å². The van der Waals surface area contributed by atoms with Crippen molar-refractivity contribution < 1.29 is 9.90 Å². The molecule has 0 bridgehead atoms. The molecule has 0 radical (unpaired) electrons. The third-order valence-corrected chi connectivity index (χ3v) is 3.61. The van der Waals surface area contributed by atoms with Gasteiger partial charge in [0.2, 0.25) is 0 Å². The van der Waals surface area contributed by atoms with E-state index in [0.29, 0.717) is 12.0 Å². The van der Waals surface area contributed by atoms with E-state index in [0.717, 1.165) is 25.3 Å². The Kier molecular flexibility index (Phi) is 5.35. The van der Waals surface area contributed by atoms with Crippen molar-refractivity contribution in [3.05, 3.63) is 23.9 Å². The van der Waals surface area contributed by atoms with E-state index in [1.54, 1.807) is 6.20 Å². The second-order valence-electron chi connectivity index (χ2n) is 5.34. The standard InChI is InChI=1S/C15H23N3O2/c1-12(5-4-10-19)17-15(20)13-6-7-14(16-11-13)18-8-2-3-9-18/h6-7,11-12,19H,2-5,8-10H2,1H3,(H,17,20). The summed E-state index contributed by atoms with van der Waals surface area (Å²) in [6, 6.07) is 3.81. The lowest BCUT2D eigenvalue weighted by atomic mass is 10.1. The molecule has 1 aromatic heterocycles. The van der Waals surface area contributed by atoms with Crippen LogP contribution in [-0.4, -0.2) is 41.7 Å². The molecule has 0 saturated carbocycles. The summed E-state index contributed by atoms with van der Waals surface area (Å²) in [5.74, 6) is 0.850. The Balaban J connectivity index is 1.90. The average Bonchev–Trinajstić information content (AvgIpc) is 2.99. The third-order valence-electron chi connectivity index (χ3n) is 3.61. The summed E-state index contributed by atoms with van der Waals surface area (Å²) in [5.41, 5.74) is 0.587. The molecule has 1 unspecified atom stereocenters. The molecular weight excluding hydrogens is 254 g/mol. The van der Waals surface area contributed by atoms with Crippen molar-refractivity contribution in [1.29, 1.82) is 0 Å². The lowest BCUT2D eigenvalue weighted by Gasteiger charge is -2.17. The Hall–Kier alpha value is -1.62. The second kappa shape index (κ2) is 7.24. The predicted molar refractivity (Wildman–Crippen MR) is 78.9 cm³/mol. The number of nitrogens with one attached hydrogen (secondary N) is 1. The first-order valence-electron chi connectivity index (χ1n) is 7.33. The quantitative estimate of drug-likeness (QED) is 0.828. The van der Waals surface area contributed by atoms with Crippen LogP contribution < -0.4 is 10.2 Å². The Morgan fingerprint density at radius 1 is 1.45 bits per heavy atom. The van der Waals surface area contributed by atoms with E-state index in [-0.39, 0.29) is 18.6 Å². The van der Waals surface area contributed by atoms with Crippen molar-refractivity contribution in [3.63, 3.8) is 0 Å². The third kappa shape index (κ3) is 3.93. The van der Waals surface area contributed by atoms with Crippen LogP contribution in [0, 0.1) is 0 Å². The maximum absolute atomic E-state index is 12.0. The van der Waals surface area contributed by atoms with Gasteiger partial charge >= 0.3 is 0 Å². The molecule has 0 aromatic carbocycles. The van der Waals surface area contributed by atoms with E-state index < -0.39 is 0 Å². The monoisotopic (exact) mass is 277 g/mol. The molecule has 5 nitrogen and oxygen atoms in total. The molecule has 1 aliphatic rings. The van der Waals surface area contributed by atoms with Crippen LogP contribution in [0.4, 0.5) is 5.82 Å². The summed E-state index contributed by atoms with van der Waals surface area (Å²) in [4.78, 5) is 18.6. The molecule has 5 heteroatoms. The normalized spacial score (nSPS) is 16.2. The molecule has 1 saturated heterocycles. The molecule has 110 valence electrons. The number of hydrogen-bond donors (Lipinski definition) is 2. The zero-order valence-corrected chi connectivity index (χ0v) is 12.0. The number of carbonyl (C=O) groups excluding carboxylic acids is 1. The fraction of sp³-hybridized carbons (Fsp3) is 0.600. The van der Waals surface area contributed by atoms with E-state index in [9.17, 15) is 4.79 Å². The fourth-order valence-electron chi connectivity index (χ4n) is 2.43. The highest BCUT2D eigenvalue weighted by molar-refractivity contribution is 5.94. The number of amides is 1. The summed E-state index contributed by atoms with van der Waals surface area (Å²) in [6.07, 6.45) is 5.55. The summed E-state index contributed by atoms with van der Waals surface area (Å²) >= 11 is 0. The largest absolute Gasteiger partial charge is 0.396 e. The number of aliphatic hydroxyl groups excluding tert-OH is 1. The van der Waals surface area contributed by atoms with Gasteiger partial charge in [-0.15, -0.1) is 0 Å². The Morgan fingerprint density at radius 3 is 2.80 bits per heavy atom. The molecule has 0 spiro atoms. The maximum atomic E-state index is 12.0. The van der Waals surface area contributed by atoms with Crippen LogP contribution in [0.1, 0.15) is 43.0 Å². The molecule has 0 aliphatic carbocycles. The van der Waals surface area contributed by atoms with Gasteiger partial charge in [0.05, 0.1) is 5.56 Å². The highest BCUT2D eigenvalue weighted by Crippen LogP contribution is 2.17. The van der Waals surface area contributed by atoms with E-state index in [1.165, 1.54) is 12.8 Å². The molecule has 1 aromatic rings. The zero-order valence-electron chi connectivity index (χ0n) is 12.0. The van der Waals surface area contributed by atoms with Crippen LogP contribution in [0.2, 0.25) is 0 Å². The highest BCUT2D eigenvalue weighted by atomic mass is 16.3. The van der Waals surface area contributed by atoms with Crippen molar-refractivity contribution in [2.24, 2.45) is 0 Å². The van der Waals surface area contributed by atoms with Gasteiger partial charge in [0.25, 0.3) is 5.91 Å². The van der Waals surface area contributed by atoms with Gasteiger partial charge in [-0.2, -0.15) is 0 Å². The SMILES string of the molecule is CC(CCCO)NC(=O)c1ccc(N2CCCC2)nc1. The van der Waals surface area contributed by atoms with Gasteiger partial charge in [-0.05, 0) is 44.7 Å². The van der Waals surface area contributed by atoms with Crippen molar-refractivity contribution in [1.82, 2.24) is 10.3 Å². The molecule has 1 fully saturated rings. The summed E-state index contributed by atoms with van der Waals surface area (Å²) < 4.78 is 0. The maximum Gasteiger partial charge on any atom is 0.253 e. The van der Waals surface area contributed by atoms with Crippen LogP contribution in [0.5, 0.6) is 0 Å². The van der Waals surface area contributed by atoms with Gasteiger partial charge in [-0.3, -0.25) is 4.79 Å². The zero-order chi connectivity index (χ0) is 14.4. The number of anilines is 1. The predicted octanol–water partition coefficient (Wildman–Crippen LogP) is 1.57. The van der Waals surface area contributed by atoms with E-state index in [2.05, 4.69) is 15.2 Å². The number of aliphatic hydroxyl groups is 1. The molecule has 1 amide bonds. The average molecular weight is 277 g/mol. The highest BCUT2D eigenvalue weighted by Gasteiger charge is 2.15. The summed E-state index contributed by atoms with van der Waals surface area (Å²) in [6.45, 7) is 4.21. The van der Waals surface area contributed by atoms with Gasteiger partial charge in [-0.25, -0.2) is 4.98 Å². The number of carbonyl (C=O) groups is 1. The van der Waals surface area contributed by atoms with Crippen LogP contribution in [0.25, 0.3) is 0 Å². The van der Waals surface area contributed by atoms with Crippen LogP contribution in [0.3, 0.4) is 0 Å². The molecule has 2 rings (SSSR count). The minimum Gasteiger partial charge on any atom is -0.396 e. The minimum absolute atomic E-state index is 0.0629. The van der Waals surface area contributed by atoms with Crippen molar-refractivity contribution in [2.45, 2.75) is 38.6 Å². The molecule has 2 heterocycles. The topological polar surface area (TPSA) is 65.5 Å². The minimum atomic E-state index is -0.101. The Labute approximate surface area is 120 Å². The molecule has 20 heavy (non-hydrogen) atoms.